The SMILES string of the molecule is CN1CCC[C@H]1CCCl.O=C(O)C(O)C(O)C(=O)O. The zero-order chi connectivity index (χ0) is 15.0. The number of aliphatic hydroxyl groups excluding tert-OH is 2. The van der Waals surface area contributed by atoms with Crippen molar-refractivity contribution >= 4 is 23.5 Å². The number of aliphatic carboxylic acids is 2. The van der Waals surface area contributed by atoms with Crippen LogP contribution in [-0.2, 0) is 9.59 Å². The number of carboxylic acid groups (broad SMARTS) is 2. The lowest BCUT2D eigenvalue weighted by Gasteiger charge is -2.17. The van der Waals surface area contributed by atoms with Gasteiger partial charge in [-0.1, -0.05) is 0 Å². The minimum atomic E-state index is -2.27. The topological polar surface area (TPSA) is 118 Å². The molecule has 0 aromatic rings. The van der Waals surface area contributed by atoms with Gasteiger partial charge < -0.3 is 25.3 Å². The largest absolute Gasteiger partial charge is 0.479 e. The number of aliphatic hydroxyl groups is 2. The molecule has 0 spiro atoms. The van der Waals surface area contributed by atoms with Gasteiger partial charge in [0.2, 0.25) is 0 Å². The van der Waals surface area contributed by atoms with Gasteiger partial charge in [0.25, 0.3) is 0 Å². The first-order valence-electron chi connectivity index (χ1n) is 5.89. The maximum absolute atomic E-state index is 9.77. The Morgan fingerprint density at radius 3 is 2.00 bits per heavy atom. The van der Waals surface area contributed by atoms with E-state index in [0.717, 1.165) is 18.3 Å². The monoisotopic (exact) mass is 297 g/mol. The Kier molecular flexibility index (Phi) is 8.66. The van der Waals surface area contributed by atoms with Gasteiger partial charge in [0, 0.05) is 11.9 Å². The Hall–Kier alpha value is -0.890. The fraction of sp³-hybridized carbons (Fsp3) is 0.818. The van der Waals surface area contributed by atoms with E-state index < -0.39 is 24.1 Å². The standard InChI is InChI=1S/C7H14ClN.C4H6O6/c1-9-6-2-3-7(9)4-5-8;5-1(3(7)8)2(6)4(9)10/h7H,2-6H2,1H3;1-2,5-6H,(H,7,8)(H,9,10)/t7-;/m0./s1. The summed E-state index contributed by atoms with van der Waals surface area (Å²) in [4.78, 5) is 21.9. The van der Waals surface area contributed by atoms with Crippen molar-refractivity contribution in [1.29, 1.82) is 0 Å². The second-order valence-corrected chi connectivity index (χ2v) is 4.70. The fourth-order valence-electron chi connectivity index (χ4n) is 1.74. The van der Waals surface area contributed by atoms with E-state index in [0.29, 0.717) is 0 Å². The normalized spacial score (nSPS) is 22.2. The summed E-state index contributed by atoms with van der Waals surface area (Å²) in [6.07, 6.45) is -0.658. The molecule has 0 radical (unpaired) electrons. The molecular formula is C11H20ClNO6. The van der Waals surface area contributed by atoms with Crippen molar-refractivity contribution < 1.29 is 30.0 Å². The molecular weight excluding hydrogens is 278 g/mol. The van der Waals surface area contributed by atoms with Crippen LogP contribution in [0.5, 0.6) is 0 Å². The van der Waals surface area contributed by atoms with Gasteiger partial charge in [-0.2, -0.15) is 0 Å². The molecule has 2 unspecified atom stereocenters. The average molecular weight is 298 g/mol. The Morgan fingerprint density at radius 1 is 1.26 bits per heavy atom. The smallest absolute Gasteiger partial charge is 0.335 e. The minimum Gasteiger partial charge on any atom is -0.479 e. The predicted octanol–water partition coefficient (Wildman–Crippen LogP) is -0.413. The average Bonchev–Trinajstić information content (AvgIpc) is 2.74. The highest BCUT2D eigenvalue weighted by molar-refractivity contribution is 6.17. The van der Waals surface area contributed by atoms with Gasteiger partial charge in [0.1, 0.15) is 0 Å². The number of alkyl halides is 1. The molecule has 7 nitrogen and oxygen atoms in total. The molecule has 1 heterocycles. The Morgan fingerprint density at radius 2 is 1.74 bits per heavy atom. The summed E-state index contributed by atoms with van der Waals surface area (Å²) >= 11 is 5.62. The molecule has 1 rings (SSSR count). The van der Waals surface area contributed by atoms with Gasteiger partial charge in [-0.25, -0.2) is 9.59 Å². The van der Waals surface area contributed by atoms with Crippen molar-refractivity contribution in [3.63, 3.8) is 0 Å². The molecule has 3 atom stereocenters. The van der Waals surface area contributed by atoms with E-state index in [1.165, 1.54) is 19.4 Å². The molecule has 0 bridgehead atoms. The summed E-state index contributed by atoms with van der Waals surface area (Å²) in [6, 6.07) is 0.780. The van der Waals surface area contributed by atoms with E-state index in [1.54, 1.807) is 0 Å². The van der Waals surface area contributed by atoms with Crippen LogP contribution >= 0.6 is 11.6 Å². The van der Waals surface area contributed by atoms with Crippen molar-refractivity contribution in [3.05, 3.63) is 0 Å². The molecule has 0 aliphatic carbocycles. The highest BCUT2D eigenvalue weighted by Gasteiger charge is 2.29. The molecule has 112 valence electrons. The van der Waals surface area contributed by atoms with Crippen LogP contribution in [0, 0.1) is 0 Å². The van der Waals surface area contributed by atoms with E-state index in [9.17, 15) is 9.59 Å². The Balaban J connectivity index is 0.000000342. The quantitative estimate of drug-likeness (QED) is 0.509. The fourth-order valence-corrected chi connectivity index (χ4v) is 1.99. The first kappa shape index (κ1) is 18.1. The van der Waals surface area contributed by atoms with E-state index in [-0.39, 0.29) is 0 Å². The molecule has 0 aromatic carbocycles. The van der Waals surface area contributed by atoms with Crippen molar-refractivity contribution in [3.8, 4) is 0 Å². The maximum atomic E-state index is 9.77. The van der Waals surface area contributed by atoms with Crippen molar-refractivity contribution in [2.24, 2.45) is 0 Å². The van der Waals surface area contributed by atoms with Gasteiger partial charge in [-0.3, -0.25) is 0 Å². The number of likely N-dealkylation sites (tertiary alicyclic amines) is 1. The highest BCUT2D eigenvalue weighted by Crippen LogP contribution is 2.17. The van der Waals surface area contributed by atoms with E-state index in [4.69, 9.17) is 32.0 Å². The van der Waals surface area contributed by atoms with E-state index >= 15 is 0 Å². The lowest BCUT2D eigenvalue weighted by molar-refractivity contribution is -0.165. The molecule has 0 amide bonds. The Labute approximate surface area is 116 Å². The van der Waals surface area contributed by atoms with E-state index in [1.807, 2.05) is 0 Å². The Bertz CT molecular complexity index is 283. The van der Waals surface area contributed by atoms with Crippen LogP contribution in [0.25, 0.3) is 0 Å². The van der Waals surface area contributed by atoms with Crippen LogP contribution in [-0.4, -0.2) is 75.0 Å². The lowest BCUT2D eigenvalue weighted by Crippen LogP contribution is -2.39. The number of rotatable bonds is 5. The zero-order valence-corrected chi connectivity index (χ0v) is 11.5. The minimum absolute atomic E-state index is 0.780. The molecule has 1 fully saturated rings. The first-order valence-corrected chi connectivity index (χ1v) is 6.42. The van der Waals surface area contributed by atoms with Gasteiger partial charge in [-0.05, 0) is 32.9 Å². The van der Waals surface area contributed by atoms with Gasteiger partial charge in [-0.15, -0.1) is 11.6 Å². The highest BCUT2D eigenvalue weighted by atomic mass is 35.5. The van der Waals surface area contributed by atoms with Crippen LogP contribution in [0.1, 0.15) is 19.3 Å². The number of hydrogen-bond donors (Lipinski definition) is 4. The summed E-state index contributed by atoms with van der Waals surface area (Å²) in [5.41, 5.74) is 0. The third kappa shape index (κ3) is 6.72. The summed E-state index contributed by atoms with van der Waals surface area (Å²) in [5.74, 6) is -2.72. The lowest BCUT2D eigenvalue weighted by atomic mass is 10.2. The third-order valence-corrected chi connectivity index (χ3v) is 3.14. The summed E-state index contributed by atoms with van der Waals surface area (Å²) in [6.45, 7) is 1.27. The predicted molar refractivity (Wildman–Crippen MR) is 68.3 cm³/mol. The van der Waals surface area contributed by atoms with Gasteiger partial charge in [0.15, 0.2) is 12.2 Å². The first-order chi connectivity index (χ1) is 8.81. The number of carbonyl (C=O) groups is 2. The number of carboxylic acids is 2. The zero-order valence-electron chi connectivity index (χ0n) is 10.7. The number of halogens is 1. The van der Waals surface area contributed by atoms with Crippen LogP contribution < -0.4 is 0 Å². The van der Waals surface area contributed by atoms with E-state index in [2.05, 4.69) is 11.9 Å². The van der Waals surface area contributed by atoms with Crippen molar-refractivity contribution in [2.45, 2.75) is 37.5 Å². The van der Waals surface area contributed by atoms with Gasteiger partial charge in [0.05, 0.1) is 0 Å². The molecule has 4 N–H and O–H groups in total. The van der Waals surface area contributed by atoms with Crippen LogP contribution in [0.2, 0.25) is 0 Å². The second kappa shape index (κ2) is 9.08. The second-order valence-electron chi connectivity index (χ2n) is 4.32. The third-order valence-electron chi connectivity index (χ3n) is 2.92. The molecule has 0 aromatic heterocycles. The van der Waals surface area contributed by atoms with Crippen molar-refractivity contribution in [1.82, 2.24) is 4.90 Å². The summed E-state index contributed by atoms with van der Waals surface area (Å²) in [7, 11) is 2.18. The molecule has 1 aliphatic heterocycles. The van der Waals surface area contributed by atoms with Crippen molar-refractivity contribution in [2.75, 3.05) is 19.5 Å². The number of nitrogens with zero attached hydrogens (tertiary/aromatic N) is 1. The molecule has 19 heavy (non-hydrogen) atoms. The molecule has 1 saturated heterocycles. The summed E-state index contributed by atoms with van der Waals surface area (Å²) in [5, 5.41) is 32.5. The molecule has 8 heteroatoms. The molecule has 0 saturated carbocycles. The van der Waals surface area contributed by atoms with Crippen LogP contribution in [0.4, 0.5) is 0 Å². The number of hydrogen-bond acceptors (Lipinski definition) is 5. The summed E-state index contributed by atoms with van der Waals surface area (Å²) < 4.78 is 0. The maximum Gasteiger partial charge on any atom is 0.335 e. The van der Waals surface area contributed by atoms with Crippen LogP contribution in [0.15, 0.2) is 0 Å². The van der Waals surface area contributed by atoms with Crippen LogP contribution in [0.3, 0.4) is 0 Å². The molecule has 1 aliphatic rings. The van der Waals surface area contributed by atoms with Gasteiger partial charge >= 0.3 is 11.9 Å².